The fraction of sp³-hybridized carbons (Fsp3) is 0.194. The number of sulfonamides is 1. The minimum atomic E-state index is -3.97. The fourth-order valence-electron chi connectivity index (χ4n) is 4.43. The number of amides is 1. The largest absolute Gasteiger partial charge is 0.496 e. The third-order valence-electron chi connectivity index (χ3n) is 6.45. The first-order chi connectivity index (χ1) is 18.3. The highest BCUT2D eigenvalue weighted by molar-refractivity contribution is 7.92. The second-order valence-corrected chi connectivity index (χ2v) is 10.9. The summed E-state index contributed by atoms with van der Waals surface area (Å²) in [5, 5.41) is 3.11. The summed E-state index contributed by atoms with van der Waals surface area (Å²) in [7, 11) is -2.34. The van der Waals surface area contributed by atoms with Crippen LogP contribution in [0, 0.1) is 6.92 Å². The second kappa shape index (κ2) is 12.0. The van der Waals surface area contributed by atoms with Gasteiger partial charge in [-0.2, -0.15) is 0 Å². The molecule has 0 aliphatic carbocycles. The van der Waals surface area contributed by atoms with Crippen molar-refractivity contribution in [3.05, 3.63) is 125 Å². The number of hydrogen-bond acceptors (Lipinski definition) is 4. The molecule has 196 valence electrons. The molecule has 7 heteroatoms. The average Bonchev–Trinajstić information content (AvgIpc) is 2.95. The standard InChI is InChI=1S/C31H32N2O4S/c1-4-28(25-19-20-30(37-3)23(2)21-25)32-31(34)27-17-11-12-18-29(27)33(22-24-13-7-5-8-14-24)38(35,36)26-15-9-6-10-16-26/h5-21,28H,4,22H2,1-3H3,(H,32,34). The van der Waals surface area contributed by atoms with Gasteiger partial charge in [-0.15, -0.1) is 0 Å². The smallest absolute Gasteiger partial charge is 0.264 e. The van der Waals surface area contributed by atoms with Gasteiger partial charge >= 0.3 is 0 Å². The van der Waals surface area contributed by atoms with Crippen molar-refractivity contribution in [3.63, 3.8) is 0 Å². The summed E-state index contributed by atoms with van der Waals surface area (Å²) in [6.07, 6.45) is 0.662. The summed E-state index contributed by atoms with van der Waals surface area (Å²) >= 11 is 0. The Morgan fingerprint density at radius 2 is 1.53 bits per heavy atom. The average molecular weight is 529 g/mol. The number of ether oxygens (including phenoxy) is 1. The summed E-state index contributed by atoms with van der Waals surface area (Å²) < 4.78 is 34.5. The zero-order valence-electron chi connectivity index (χ0n) is 21.8. The van der Waals surface area contributed by atoms with Crippen molar-refractivity contribution < 1.29 is 17.9 Å². The zero-order valence-corrected chi connectivity index (χ0v) is 22.6. The molecule has 1 atom stereocenters. The van der Waals surface area contributed by atoms with Crippen LogP contribution in [0.2, 0.25) is 0 Å². The number of rotatable bonds is 10. The maximum atomic E-state index is 13.9. The highest BCUT2D eigenvalue weighted by Crippen LogP contribution is 2.30. The zero-order chi connectivity index (χ0) is 27.1. The minimum absolute atomic E-state index is 0.0806. The number of benzene rings is 4. The van der Waals surface area contributed by atoms with Crippen molar-refractivity contribution in [1.82, 2.24) is 5.32 Å². The van der Waals surface area contributed by atoms with Gasteiger partial charge in [-0.05, 0) is 60.4 Å². The molecule has 1 unspecified atom stereocenters. The van der Waals surface area contributed by atoms with Crippen molar-refractivity contribution in [2.45, 2.75) is 37.8 Å². The Morgan fingerprint density at radius 3 is 2.16 bits per heavy atom. The Balaban J connectivity index is 1.73. The molecule has 1 amide bonds. The Labute approximate surface area is 225 Å². The number of anilines is 1. The first kappa shape index (κ1) is 26.9. The lowest BCUT2D eigenvalue weighted by Gasteiger charge is -2.27. The van der Waals surface area contributed by atoms with Gasteiger partial charge in [0, 0.05) is 0 Å². The molecule has 0 aliphatic heterocycles. The lowest BCUT2D eigenvalue weighted by molar-refractivity contribution is 0.0936. The molecular weight excluding hydrogens is 496 g/mol. The molecular formula is C31H32N2O4S. The molecule has 0 saturated heterocycles. The van der Waals surface area contributed by atoms with Gasteiger partial charge in [-0.25, -0.2) is 8.42 Å². The van der Waals surface area contributed by atoms with Gasteiger partial charge in [0.25, 0.3) is 15.9 Å². The van der Waals surface area contributed by atoms with E-state index in [1.54, 1.807) is 61.7 Å². The molecule has 0 aromatic heterocycles. The summed E-state index contributed by atoms with van der Waals surface area (Å²) in [6.45, 7) is 4.04. The van der Waals surface area contributed by atoms with Crippen LogP contribution >= 0.6 is 0 Å². The van der Waals surface area contributed by atoms with Gasteiger partial charge in [0.05, 0.1) is 35.8 Å². The van der Waals surface area contributed by atoms with Gasteiger partial charge < -0.3 is 10.1 Å². The van der Waals surface area contributed by atoms with E-state index in [1.807, 2.05) is 62.4 Å². The van der Waals surface area contributed by atoms with Crippen LogP contribution in [0.25, 0.3) is 0 Å². The van der Waals surface area contributed by atoms with Crippen molar-refractivity contribution in [3.8, 4) is 5.75 Å². The topological polar surface area (TPSA) is 75.7 Å². The van der Waals surface area contributed by atoms with Crippen LogP contribution in [0.4, 0.5) is 5.69 Å². The number of nitrogens with one attached hydrogen (secondary N) is 1. The summed E-state index contributed by atoms with van der Waals surface area (Å²) in [5.41, 5.74) is 3.34. The molecule has 4 aromatic rings. The van der Waals surface area contributed by atoms with Crippen LogP contribution in [0.15, 0.2) is 108 Å². The number of para-hydroxylation sites is 1. The molecule has 1 N–H and O–H groups in total. The molecule has 0 heterocycles. The number of nitrogens with zero attached hydrogens (tertiary/aromatic N) is 1. The van der Waals surface area contributed by atoms with E-state index in [1.165, 1.54) is 4.31 Å². The summed E-state index contributed by atoms with van der Waals surface area (Å²) in [4.78, 5) is 13.8. The highest BCUT2D eigenvalue weighted by atomic mass is 32.2. The number of aryl methyl sites for hydroxylation is 1. The van der Waals surface area contributed by atoms with E-state index in [9.17, 15) is 13.2 Å². The molecule has 0 radical (unpaired) electrons. The number of hydrogen-bond donors (Lipinski definition) is 1. The van der Waals surface area contributed by atoms with Crippen LogP contribution in [0.3, 0.4) is 0 Å². The third kappa shape index (κ3) is 5.89. The predicted molar refractivity (Wildman–Crippen MR) is 151 cm³/mol. The molecule has 0 spiro atoms. The first-order valence-electron chi connectivity index (χ1n) is 12.5. The van der Waals surface area contributed by atoms with Crippen molar-refractivity contribution in [2.75, 3.05) is 11.4 Å². The maximum absolute atomic E-state index is 13.9. The first-order valence-corrected chi connectivity index (χ1v) is 13.9. The SMILES string of the molecule is CCC(NC(=O)c1ccccc1N(Cc1ccccc1)S(=O)(=O)c1ccccc1)c1ccc(OC)c(C)c1. The quantitative estimate of drug-likeness (QED) is 0.263. The second-order valence-electron chi connectivity index (χ2n) is 8.99. The molecule has 38 heavy (non-hydrogen) atoms. The van der Waals surface area contributed by atoms with Gasteiger partial charge in [0.1, 0.15) is 5.75 Å². The van der Waals surface area contributed by atoms with E-state index in [-0.39, 0.29) is 29.0 Å². The van der Waals surface area contributed by atoms with E-state index in [0.29, 0.717) is 12.1 Å². The van der Waals surface area contributed by atoms with Crippen LogP contribution in [0.1, 0.15) is 46.4 Å². The van der Waals surface area contributed by atoms with Crippen LogP contribution in [-0.2, 0) is 16.6 Å². The number of carbonyl (C=O) groups is 1. The van der Waals surface area contributed by atoms with Crippen LogP contribution < -0.4 is 14.4 Å². The Kier molecular flexibility index (Phi) is 8.48. The Hall–Kier alpha value is -4.10. The summed E-state index contributed by atoms with van der Waals surface area (Å²) in [5.74, 6) is 0.435. The van der Waals surface area contributed by atoms with Gasteiger partial charge in [0.2, 0.25) is 0 Å². The molecule has 4 rings (SSSR count). The fourth-order valence-corrected chi connectivity index (χ4v) is 5.92. The van der Waals surface area contributed by atoms with E-state index < -0.39 is 10.0 Å². The molecule has 0 fully saturated rings. The van der Waals surface area contributed by atoms with Gasteiger partial charge in [0.15, 0.2) is 0 Å². The monoisotopic (exact) mass is 528 g/mol. The lowest BCUT2D eigenvalue weighted by atomic mass is 10.0. The molecule has 0 bridgehead atoms. The van der Waals surface area contributed by atoms with E-state index >= 15 is 0 Å². The molecule has 6 nitrogen and oxygen atoms in total. The van der Waals surface area contributed by atoms with Gasteiger partial charge in [-0.1, -0.05) is 79.7 Å². The van der Waals surface area contributed by atoms with E-state index in [2.05, 4.69) is 5.32 Å². The van der Waals surface area contributed by atoms with E-state index in [4.69, 9.17) is 4.74 Å². The van der Waals surface area contributed by atoms with Crippen LogP contribution in [0.5, 0.6) is 5.75 Å². The Morgan fingerprint density at radius 1 is 0.895 bits per heavy atom. The maximum Gasteiger partial charge on any atom is 0.264 e. The highest BCUT2D eigenvalue weighted by Gasteiger charge is 2.29. The predicted octanol–water partition coefficient (Wildman–Crippen LogP) is 6.28. The van der Waals surface area contributed by atoms with E-state index in [0.717, 1.165) is 22.4 Å². The normalized spacial score (nSPS) is 12.0. The van der Waals surface area contributed by atoms with Crippen molar-refractivity contribution >= 4 is 21.6 Å². The third-order valence-corrected chi connectivity index (χ3v) is 8.23. The molecule has 0 aliphatic rings. The Bertz CT molecular complexity index is 1490. The molecule has 0 saturated carbocycles. The van der Waals surface area contributed by atoms with Crippen molar-refractivity contribution in [2.24, 2.45) is 0 Å². The number of carbonyl (C=O) groups excluding carboxylic acids is 1. The van der Waals surface area contributed by atoms with Crippen molar-refractivity contribution in [1.29, 1.82) is 0 Å². The number of methoxy groups -OCH3 is 1. The van der Waals surface area contributed by atoms with Crippen LogP contribution in [-0.4, -0.2) is 21.4 Å². The van der Waals surface area contributed by atoms with Gasteiger partial charge in [-0.3, -0.25) is 9.10 Å². The minimum Gasteiger partial charge on any atom is -0.496 e. The summed E-state index contributed by atoms with van der Waals surface area (Å²) in [6, 6.07) is 30.0. The lowest BCUT2D eigenvalue weighted by Crippen LogP contribution is -2.34. The molecule has 4 aromatic carbocycles.